The van der Waals surface area contributed by atoms with Crippen LogP contribution >= 0.6 is 11.6 Å². The zero-order valence-electron chi connectivity index (χ0n) is 13.0. The Morgan fingerprint density at radius 3 is 2.54 bits per heavy atom. The van der Waals surface area contributed by atoms with Crippen LogP contribution in [-0.2, 0) is 9.84 Å². The van der Waals surface area contributed by atoms with Gasteiger partial charge in [-0.1, -0.05) is 35.9 Å². The van der Waals surface area contributed by atoms with Gasteiger partial charge in [-0.3, -0.25) is 4.79 Å². The van der Waals surface area contributed by atoms with Crippen LogP contribution in [0.3, 0.4) is 0 Å². The molecule has 1 unspecified atom stereocenters. The molecule has 0 N–H and O–H groups in total. The molecule has 1 aliphatic rings. The van der Waals surface area contributed by atoms with Crippen molar-refractivity contribution in [2.45, 2.75) is 13.0 Å². The van der Waals surface area contributed by atoms with E-state index in [1.54, 1.807) is 42.5 Å². The average molecular weight is 362 g/mol. The number of sulfone groups is 1. The molecule has 0 radical (unpaired) electrons. The second kappa shape index (κ2) is 6.42. The van der Waals surface area contributed by atoms with Gasteiger partial charge in [0, 0.05) is 21.7 Å². The summed E-state index contributed by atoms with van der Waals surface area (Å²) in [4.78, 5) is 14.6. The standard InChI is InChI=1S/C18H16ClNO3S/c1-13-5-2-3-8-17(13)18(21)20(15-7-4-6-14(19)11-15)16-9-10-24(22,23)12-16/h2-11,16H,12H2,1H3. The topological polar surface area (TPSA) is 54.5 Å². The summed E-state index contributed by atoms with van der Waals surface area (Å²) >= 11 is 6.06. The first-order chi connectivity index (χ1) is 11.4. The van der Waals surface area contributed by atoms with Crippen LogP contribution in [0.1, 0.15) is 15.9 Å². The molecule has 1 amide bonds. The fraction of sp³-hybridized carbons (Fsp3) is 0.167. The van der Waals surface area contributed by atoms with Gasteiger partial charge in [-0.2, -0.15) is 0 Å². The average Bonchev–Trinajstić information content (AvgIpc) is 2.87. The highest BCUT2D eigenvalue weighted by Gasteiger charge is 2.32. The van der Waals surface area contributed by atoms with Gasteiger partial charge in [0.25, 0.3) is 5.91 Å². The maximum absolute atomic E-state index is 13.1. The molecule has 0 fully saturated rings. The SMILES string of the molecule is Cc1ccccc1C(=O)N(c1cccc(Cl)c1)C1C=CS(=O)(=O)C1. The number of carbonyl (C=O) groups excluding carboxylic acids is 1. The van der Waals surface area contributed by atoms with Crippen molar-refractivity contribution in [2.24, 2.45) is 0 Å². The fourth-order valence-corrected chi connectivity index (χ4v) is 4.20. The maximum atomic E-state index is 13.1. The van der Waals surface area contributed by atoms with Gasteiger partial charge in [-0.25, -0.2) is 8.42 Å². The van der Waals surface area contributed by atoms with Gasteiger partial charge in [-0.15, -0.1) is 0 Å². The molecule has 124 valence electrons. The first-order valence-electron chi connectivity index (χ1n) is 7.43. The molecule has 0 saturated heterocycles. The summed E-state index contributed by atoms with van der Waals surface area (Å²) < 4.78 is 23.6. The minimum Gasteiger partial charge on any atom is -0.300 e. The molecule has 0 saturated carbocycles. The predicted octanol–water partition coefficient (Wildman–Crippen LogP) is 3.61. The monoisotopic (exact) mass is 361 g/mol. The quantitative estimate of drug-likeness (QED) is 0.839. The molecule has 0 aromatic heterocycles. The lowest BCUT2D eigenvalue weighted by atomic mass is 10.1. The summed E-state index contributed by atoms with van der Waals surface area (Å²) in [5, 5.41) is 1.65. The Morgan fingerprint density at radius 1 is 1.17 bits per heavy atom. The van der Waals surface area contributed by atoms with Gasteiger partial charge in [0.1, 0.15) is 0 Å². The van der Waals surface area contributed by atoms with Crippen molar-refractivity contribution in [1.29, 1.82) is 0 Å². The van der Waals surface area contributed by atoms with E-state index in [1.165, 1.54) is 10.3 Å². The molecule has 1 aliphatic heterocycles. The number of halogens is 1. The van der Waals surface area contributed by atoms with Gasteiger partial charge < -0.3 is 4.90 Å². The van der Waals surface area contributed by atoms with Crippen LogP contribution < -0.4 is 4.90 Å². The zero-order chi connectivity index (χ0) is 17.3. The van der Waals surface area contributed by atoms with Crippen LogP contribution in [0.25, 0.3) is 0 Å². The Balaban J connectivity index is 2.07. The Bertz CT molecular complexity index is 921. The summed E-state index contributed by atoms with van der Waals surface area (Å²) in [6.07, 6.45) is 1.55. The number of anilines is 1. The molecule has 24 heavy (non-hydrogen) atoms. The number of amides is 1. The normalized spacial score (nSPS) is 18.5. The Labute approximate surface area is 146 Å². The first-order valence-corrected chi connectivity index (χ1v) is 9.52. The van der Waals surface area contributed by atoms with Crippen molar-refractivity contribution in [2.75, 3.05) is 10.7 Å². The van der Waals surface area contributed by atoms with E-state index in [9.17, 15) is 13.2 Å². The Hall–Kier alpha value is -2.11. The Morgan fingerprint density at radius 2 is 1.92 bits per heavy atom. The van der Waals surface area contributed by atoms with Gasteiger partial charge in [0.15, 0.2) is 9.84 Å². The third-order valence-corrected chi connectivity index (χ3v) is 5.54. The third-order valence-electron chi connectivity index (χ3n) is 3.92. The van der Waals surface area contributed by atoms with Gasteiger partial charge in [0.2, 0.25) is 0 Å². The summed E-state index contributed by atoms with van der Waals surface area (Å²) in [5.41, 5.74) is 1.94. The molecule has 4 nitrogen and oxygen atoms in total. The number of hydrogen-bond acceptors (Lipinski definition) is 3. The molecular weight excluding hydrogens is 346 g/mol. The minimum absolute atomic E-state index is 0.128. The van der Waals surface area contributed by atoms with Gasteiger partial charge in [-0.05, 0) is 42.8 Å². The minimum atomic E-state index is -3.29. The predicted molar refractivity (Wildman–Crippen MR) is 96.2 cm³/mol. The van der Waals surface area contributed by atoms with Crippen molar-refractivity contribution < 1.29 is 13.2 Å². The largest absolute Gasteiger partial charge is 0.300 e. The molecule has 0 aliphatic carbocycles. The smallest absolute Gasteiger partial charge is 0.259 e. The maximum Gasteiger partial charge on any atom is 0.259 e. The van der Waals surface area contributed by atoms with Crippen molar-refractivity contribution in [3.8, 4) is 0 Å². The van der Waals surface area contributed by atoms with Crippen molar-refractivity contribution in [1.82, 2.24) is 0 Å². The van der Waals surface area contributed by atoms with Crippen molar-refractivity contribution in [3.63, 3.8) is 0 Å². The molecule has 0 bridgehead atoms. The molecular formula is C18H16ClNO3S. The van der Waals surface area contributed by atoms with E-state index in [4.69, 9.17) is 11.6 Å². The third kappa shape index (κ3) is 3.37. The first kappa shape index (κ1) is 16.7. The van der Waals surface area contributed by atoms with E-state index in [0.717, 1.165) is 5.56 Å². The number of carbonyl (C=O) groups is 1. The zero-order valence-corrected chi connectivity index (χ0v) is 14.6. The van der Waals surface area contributed by atoms with Crippen LogP contribution in [0.5, 0.6) is 0 Å². The van der Waals surface area contributed by atoms with E-state index in [1.807, 2.05) is 19.1 Å². The fourth-order valence-electron chi connectivity index (χ4n) is 2.75. The highest BCUT2D eigenvalue weighted by molar-refractivity contribution is 7.94. The van der Waals surface area contributed by atoms with E-state index >= 15 is 0 Å². The number of nitrogens with zero attached hydrogens (tertiary/aromatic N) is 1. The van der Waals surface area contributed by atoms with Crippen molar-refractivity contribution >= 4 is 33.0 Å². The molecule has 1 atom stereocenters. The van der Waals surface area contributed by atoms with E-state index < -0.39 is 15.9 Å². The molecule has 6 heteroatoms. The lowest BCUT2D eigenvalue weighted by molar-refractivity contribution is 0.0982. The second-order valence-electron chi connectivity index (χ2n) is 5.70. The molecule has 1 heterocycles. The highest BCUT2D eigenvalue weighted by Crippen LogP contribution is 2.27. The highest BCUT2D eigenvalue weighted by atomic mass is 35.5. The number of hydrogen-bond donors (Lipinski definition) is 0. The van der Waals surface area contributed by atoms with Crippen LogP contribution in [0.2, 0.25) is 5.02 Å². The number of aryl methyl sites for hydroxylation is 1. The summed E-state index contributed by atoms with van der Waals surface area (Å²) in [5.74, 6) is -0.376. The number of benzene rings is 2. The molecule has 2 aromatic rings. The van der Waals surface area contributed by atoms with Crippen LogP contribution in [0, 0.1) is 6.92 Å². The second-order valence-corrected chi connectivity index (χ2v) is 8.06. The van der Waals surface area contributed by atoms with Gasteiger partial charge >= 0.3 is 0 Å². The van der Waals surface area contributed by atoms with Crippen LogP contribution in [0.15, 0.2) is 60.0 Å². The lowest BCUT2D eigenvalue weighted by Crippen LogP contribution is -2.41. The van der Waals surface area contributed by atoms with Crippen LogP contribution in [-0.4, -0.2) is 26.1 Å². The molecule has 2 aromatic carbocycles. The van der Waals surface area contributed by atoms with E-state index in [-0.39, 0.29) is 11.7 Å². The van der Waals surface area contributed by atoms with Crippen LogP contribution in [0.4, 0.5) is 5.69 Å². The summed E-state index contributed by atoms with van der Waals surface area (Å²) in [6.45, 7) is 1.85. The summed E-state index contributed by atoms with van der Waals surface area (Å²) in [6, 6.07) is 13.5. The molecule has 3 rings (SSSR count). The van der Waals surface area contributed by atoms with Gasteiger partial charge in [0.05, 0.1) is 11.8 Å². The summed E-state index contributed by atoms with van der Waals surface area (Å²) in [7, 11) is -3.29. The Kier molecular flexibility index (Phi) is 4.47. The number of rotatable bonds is 3. The lowest BCUT2D eigenvalue weighted by Gasteiger charge is -2.28. The van der Waals surface area contributed by atoms with E-state index in [0.29, 0.717) is 16.3 Å². The molecule has 0 spiro atoms. The van der Waals surface area contributed by atoms with Crippen molar-refractivity contribution in [3.05, 3.63) is 76.2 Å². The van der Waals surface area contributed by atoms with E-state index in [2.05, 4.69) is 0 Å².